The zero-order valence-corrected chi connectivity index (χ0v) is 18.2. The number of nitrogens with zero attached hydrogens (tertiary/aromatic N) is 1. The number of β-amino-alcohol motifs (C(OH)–C–C–N with tert-alkyl or cyclic N) is 1. The molecule has 1 saturated heterocycles. The van der Waals surface area contributed by atoms with Crippen LogP contribution in [0.2, 0.25) is 0 Å². The molecule has 2 aliphatic carbocycles. The van der Waals surface area contributed by atoms with Crippen LogP contribution in [0.25, 0.3) is 0 Å². The first-order chi connectivity index (χ1) is 14.2. The third-order valence-electron chi connectivity index (χ3n) is 7.70. The monoisotopic (exact) mass is 426 g/mol. The molecule has 0 aromatic heterocycles. The van der Waals surface area contributed by atoms with Crippen molar-refractivity contribution in [3.63, 3.8) is 0 Å². The van der Waals surface area contributed by atoms with Crippen LogP contribution in [0.3, 0.4) is 0 Å². The molecule has 5 rings (SSSR count). The van der Waals surface area contributed by atoms with Crippen molar-refractivity contribution < 1.29 is 13.5 Å². The highest BCUT2D eigenvalue weighted by Crippen LogP contribution is 2.65. The van der Waals surface area contributed by atoms with Gasteiger partial charge < -0.3 is 5.11 Å². The SMILES string of the molecule is CCC1(c2cccc(CS(N)(=O)=O)c2)C2CN(CC3(O)Cc4ccccc4C3)CC21. The Hall–Kier alpha value is -1.73. The number of rotatable bonds is 6. The summed E-state index contributed by atoms with van der Waals surface area (Å²) in [5, 5.41) is 16.5. The number of hydrogen-bond acceptors (Lipinski definition) is 4. The van der Waals surface area contributed by atoms with Gasteiger partial charge in [0.2, 0.25) is 10.0 Å². The predicted molar refractivity (Wildman–Crippen MR) is 117 cm³/mol. The summed E-state index contributed by atoms with van der Waals surface area (Å²) >= 11 is 0. The second-order valence-electron chi connectivity index (χ2n) is 9.66. The lowest BCUT2D eigenvalue weighted by atomic mass is 9.86. The summed E-state index contributed by atoms with van der Waals surface area (Å²) in [6.45, 7) is 4.95. The summed E-state index contributed by atoms with van der Waals surface area (Å²) < 4.78 is 23.0. The van der Waals surface area contributed by atoms with E-state index in [1.165, 1.54) is 16.7 Å². The molecule has 0 amide bonds. The molecular formula is C24H30N2O3S. The lowest BCUT2D eigenvalue weighted by Crippen LogP contribution is -2.45. The first kappa shape index (κ1) is 20.2. The maximum Gasteiger partial charge on any atom is 0.213 e. The molecule has 2 aromatic rings. The lowest BCUT2D eigenvalue weighted by molar-refractivity contribution is 0.0139. The summed E-state index contributed by atoms with van der Waals surface area (Å²) in [6, 6.07) is 16.3. The van der Waals surface area contributed by atoms with Crippen LogP contribution >= 0.6 is 0 Å². The minimum atomic E-state index is -3.53. The van der Waals surface area contributed by atoms with Gasteiger partial charge in [-0.05, 0) is 40.5 Å². The number of sulfonamides is 1. The van der Waals surface area contributed by atoms with Gasteiger partial charge in [0.15, 0.2) is 0 Å². The Labute approximate surface area is 179 Å². The largest absolute Gasteiger partial charge is 0.388 e. The molecule has 30 heavy (non-hydrogen) atoms. The second-order valence-corrected chi connectivity index (χ2v) is 11.3. The van der Waals surface area contributed by atoms with Gasteiger partial charge in [0.25, 0.3) is 0 Å². The summed E-state index contributed by atoms with van der Waals surface area (Å²) in [7, 11) is -3.53. The number of benzene rings is 2. The molecule has 2 aromatic carbocycles. The van der Waals surface area contributed by atoms with E-state index in [4.69, 9.17) is 5.14 Å². The molecule has 0 radical (unpaired) electrons. The van der Waals surface area contributed by atoms with Crippen molar-refractivity contribution in [2.75, 3.05) is 19.6 Å². The van der Waals surface area contributed by atoms with Crippen LogP contribution in [-0.4, -0.2) is 43.7 Å². The molecule has 0 bridgehead atoms. The summed E-state index contributed by atoms with van der Waals surface area (Å²) in [6.07, 6.45) is 2.53. The van der Waals surface area contributed by atoms with Crippen molar-refractivity contribution in [3.05, 3.63) is 70.8 Å². The van der Waals surface area contributed by atoms with Gasteiger partial charge in [-0.1, -0.05) is 55.5 Å². The van der Waals surface area contributed by atoms with Crippen molar-refractivity contribution in [1.82, 2.24) is 4.90 Å². The van der Waals surface area contributed by atoms with Gasteiger partial charge >= 0.3 is 0 Å². The quantitative estimate of drug-likeness (QED) is 0.742. The van der Waals surface area contributed by atoms with E-state index in [0.29, 0.717) is 11.8 Å². The van der Waals surface area contributed by atoms with E-state index in [0.717, 1.165) is 44.5 Å². The molecule has 2 unspecified atom stereocenters. The first-order valence-electron chi connectivity index (χ1n) is 10.8. The fourth-order valence-electron chi connectivity index (χ4n) is 6.49. The Balaban J connectivity index is 1.28. The molecule has 160 valence electrons. The smallest absolute Gasteiger partial charge is 0.213 e. The summed E-state index contributed by atoms with van der Waals surface area (Å²) in [5.41, 5.74) is 4.03. The molecular weight excluding hydrogens is 396 g/mol. The summed E-state index contributed by atoms with van der Waals surface area (Å²) in [5.74, 6) is 1.02. The van der Waals surface area contributed by atoms with Crippen molar-refractivity contribution in [2.24, 2.45) is 17.0 Å². The van der Waals surface area contributed by atoms with Gasteiger partial charge in [-0.2, -0.15) is 0 Å². The fraction of sp³-hybridized carbons (Fsp3) is 0.500. The molecule has 6 heteroatoms. The van der Waals surface area contributed by atoms with Crippen LogP contribution in [0, 0.1) is 11.8 Å². The van der Waals surface area contributed by atoms with Gasteiger partial charge in [0.1, 0.15) is 0 Å². The Morgan fingerprint density at radius 2 is 1.70 bits per heavy atom. The van der Waals surface area contributed by atoms with E-state index in [1.54, 1.807) is 0 Å². The van der Waals surface area contributed by atoms with Crippen LogP contribution in [-0.2, 0) is 34.0 Å². The molecule has 3 N–H and O–H groups in total. The first-order valence-corrected chi connectivity index (χ1v) is 12.6. The minimum Gasteiger partial charge on any atom is -0.388 e. The van der Waals surface area contributed by atoms with Crippen LogP contribution in [0.4, 0.5) is 0 Å². The minimum absolute atomic E-state index is 0.115. The van der Waals surface area contributed by atoms with E-state index >= 15 is 0 Å². The van der Waals surface area contributed by atoms with Crippen LogP contribution in [0.15, 0.2) is 48.5 Å². The van der Waals surface area contributed by atoms with Crippen molar-refractivity contribution >= 4 is 10.0 Å². The van der Waals surface area contributed by atoms with Crippen molar-refractivity contribution in [2.45, 2.75) is 43.0 Å². The van der Waals surface area contributed by atoms with Crippen LogP contribution in [0.1, 0.15) is 35.6 Å². The second kappa shape index (κ2) is 6.89. The maximum absolute atomic E-state index is 11.5. The van der Waals surface area contributed by atoms with Crippen molar-refractivity contribution in [1.29, 1.82) is 0 Å². The topological polar surface area (TPSA) is 83.6 Å². The van der Waals surface area contributed by atoms with E-state index in [-0.39, 0.29) is 11.2 Å². The van der Waals surface area contributed by atoms with Crippen LogP contribution in [0.5, 0.6) is 0 Å². The predicted octanol–water partition coefficient (Wildman–Crippen LogP) is 2.21. The number of piperidine rings is 1. The highest BCUT2D eigenvalue weighted by molar-refractivity contribution is 7.88. The average Bonchev–Trinajstić information content (AvgIpc) is 2.95. The van der Waals surface area contributed by atoms with Gasteiger partial charge in [-0.15, -0.1) is 0 Å². The Morgan fingerprint density at radius 3 is 2.27 bits per heavy atom. The molecule has 1 saturated carbocycles. The van der Waals surface area contributed by atoms with E-state index in [2.05, 4.69) is 42.2 Å². The number of hydrogen-bond donors (Lipinski definition) is 2. The number of primary sulfonamides is 1. The van der Waals surface area contributed by atoms with Crippen LogP contribution < -0.4 is 5.14 Å². The fourth-order valence-corrected chi connectivity index (χ4v) is 7.13. The maximum atomic E-state index is 11.5. The number of nitrogens with two attached hydrogens (primary N) is 1. The molecule has 1 aliphatic heterocycles. The molecule has 2 atom stereocenters. The average molecular weight is 427 g/mol. The molecule has 3 aliphatic rings. The molecule has 2 fully saturated rings. The van der Waals surface area contributed by atoms with E-state index in [1.807, 2.05) is 18.2 Å². The standard InChI is InChI=1S/C24H30N2O3S/c1-2-24(20-9-5-6-17(10-20)15-30(25,28)29)21-13-26(14-22(21)24)16-23(27)11-18-7-3-4-8-19(18)12-23/h3-10,21-22,27H,2,11-16H2,1H3,(H2,25,28,29). The Bertz CT molecular complexity index is 1040. The van der Waals surface area contributed by atoms with E-state index < -0.39 is 15.6 Å². The third kappa shape index (κ3) is 3.40. The highest BCUT2D eigenvalue weighted by Gasteiger charge is 2.67. The number of aliphatic hydroxyl groups is 1. The number of likely N-dealkylation sites (tertiary alicyclic amines) is 1. The third-order valence-corrected chi connectivity index (χ3v) is 8.44. The lowest BCUT2D eigenvalue weighted by Gasteiger charge is -2.32. The zero-order valence-electron chi connectivity index (χ0n) is 17.4. The van der Waals surface area contributed by atoms with Gasteiger partial charge in [-0.25, -0.2) is 13.6 Å². The normalized spacial score (nSPS) is 29.6. The van der Waals surface area contributed by atoms with Crippen molar-refractivity contribution in [3.8, 4) is 0 Å². The highest BCUT2D eigenvalue weighted by atomic mass is 32.2. The van der Waals surface area contributed by atoms with Gasteiger partial charge in [0, 0.05) is 37.9 Å². The van der Waals surface area contributed by atoms with Gasteiger partial charge in [-0.3, -0.25) is 4.90 Å². The Kier molecular flexibility index (Phi) is 4.64. The number of fused-ring (bicyclic) bond motifs is 2. The van der Waals surface area contributed by atoms with Gasteiger partial charge in [0.05, 0.1) is 11.4 Å². The molecule has 5 nitrogen and oxygen atoms in total. The summed E-state index contributed by atoms with van der Waals surface area (Å²) in [4.78, 5) is 2.43. The molecule has 1 heterocycles. The Morgan fingerprint density at radius 1 is 1.07 bits per heavy atom. The molecule has 0 spiro atoms. The van der Waals surface area contributed by atoms with E-state index in [9.17, 15) is 13.5 Å². The zero-order chi connectivity index (χ0) is 21.1.